The van der Waals surface area contributed by atoms with Crippen LogP contribution in [0.2, 0.25) is 0 Å². The maximum atomic E-state index is 14.9. The largest absolute Gasteiger partial charge is 0.487 e. The lowest BCUT2D eigenvalue weighted by atomic mass is 9.83. The number of aliphatic hydroxyl groups excluding tert-OH is 1. The molecule has 2 aromatic rings. The molecule has 4 rings (SSSR count). The molecule has 1 aliphatic carbocycles. The SMILES string of the molecule is CC[C@@H](C)C(=O)N[C@H](C(=O)N1CCN(C(=O)c2cc3c(OCCOCCOCCOCCO)c(F)c(F)cc3n2C)CC1)C1CCCCC1. The Morgan fingerprint density at radius 1 is 0.898 bits per heavy atom. The van der Waals surface area contributed by atoms with Gasteiger partial charge in [-0.1, -0.05) is 33.1 Å². The number of aliphatic hydroxyl groups is 1. The molecule has 1 aliphatic heterocycles. The van der Waals surface area contributed by atoms with Gasteiger partial charge in [-0.3, -0.25) is 14.4 Å². The number of halogens is 2. The lowest BCUT2D eigenvalue weighted by molar-refractivity contribution is -0.140. The van der Waals surface area contributed by atoms with Crippen molar-refractivity contribution in [1.82, 2.24) is 19.7 Å². The summed E-state index contributed by atoms with van der Waals surface area (Å²) in [5.74, 6) is -3.17. The van der Waals surface area contributed by atoms with Gasteiger partial charge in [-0.2, -0.15) is 4.39 Å². The molecule has 0 spiro atoms. The number of nitrogens with zero attached hydrogens (tertiary/aromatic N) is 3. The van der Waals surface area contributed by atoms with Gasteiger partial charge in [0.25, 0.3) is 5.91 Å². The molecule has 3 amide bonds. The van der Waals surface area contributed by atoms with Gasteiger partial charge in [0, 0.05) is 50.6 Å². The number of fused-ring (bicyclic) bond motifs is 1. The average molecular weight is 695 g/mol. The van der Waals surface area contributed by atoms with Crippen molar-refractivity contribution < 1.29 is 47.2 Å². The minimum Gasteiger partial charge on any atom is -0.487 e. The van der Waals surface area contributed by atoms with E-state index in [1.807, 2.05) is 13.8 Å². The number of aromatic nitrogens is 1. The molecule has 2 aliphatic rings. The normalized spacial score (nSPS) is 16.9. The van der Waals surface area contributed by atoms with Crippen molar-refractivity contribution in [1.29, 1.82) is 0 Å². The van der Waals surface area contributed by atoms with Crippen molar-refractivity contribution in [3.05, 3.63) is 29.5 Å². The van der Waals surface area contributed by atoms with Crippen LogP contribution in [0, 0.1) is 23.5 Å². The van der Waals surface area contributed by atoms with Crippen LogP contribution in [0.1, 0.15) is 62.9 Å². The van der Waals surface area contributed by atoms with E-state index in [0.29, 0.717) is 44.8 Å². The van der Waals surface area contributed by atoms with E-state index in [1.54, 1.807) is 16.8 Å². The summed E-state index contributed by atoms with van der Waals surface area (Å²) in [5.41, 5.74) is 0.540. The zero-order valence-electron chi connectivity index (χ0n) is 29.0. The Labute approximate surface area is 287 Å². The Balaban J connectivity index is 1.35. The number of hydrogen-bond donors (Lipinski definition) is 2. The molecule has 2 N–H and O–H groups in total. The third-order valence-electron chi connectivity index (χ3n) is 9.49. The Bertz CT molecular complexity index is 1390. The Hall–Kier alpha value is -3.33. The van der Waals surface area contributed by atoms with Crippen LogP contribution in [-0.4, -0.2) is 122 Å². The topological polar surface area (TPSA) is 132 Å². The number of hydrogen-bond acceptors (Lipinski definition) is 8. The number of carbonyl (C=O) groups is 3. The molecule has 1 saturated carbocycles. The molecular weight excluding hydrogens is 642 g/mol. The molecule has 2 heterocycles. The summed E-state index contributed by atoms with van der Waals surface area (Å²) < 4.78 is 52.6. The molecule has 2 atom stereocenters. The first-order valence-corrected chi connectivity index (χ1v) is 17.5. The van der Waals surface area contributed by atoms with Gasteiger partial charge in [0.1, 0.15) is 18.3 Å². The molecule has 1 aromatic heterocycles. The Kier molecular flexibility index (Phi) is 15.0. The third-order valence-corrected chi connectivity index (χ3v) is 9.49. The van der Waals surface area contributed by atoms with E-state index in [9.17, 15) is 23.2 Å². The quantitative estimate of drug-likeness (QED) is 0.228. The van der Waals surface area contributed by atoms with Crippen LogP contribution in [0.3, 0.4) is 0 Å². The third kappa shape index (κ3) is 10.1. The van der Waals surface area contributed by atoms with Crippen molar-refractivity contribution in [3.63, 3.8) is 0 Å². The number of aryl methyl sites for hydroxylation is 1. The summed E-state index contributed by atoms with van der Waals surface area (Å²) in [4.78, 5) is 43.7. The number of amides is 3. The molecule has 14 heteroatoms. The van der Waals surface area contributed by atoms with Gasteiger partial charge in [-0.05, 0) is 31.2 Å². The van der Waals surface area contributed by atoms with Crippen LogP contribution >= 0.6 is 0 Å². The minimum absolute atomic E-state index is 0.0499. The summed E-state index contributed by atoms with van der Waals surface area (Å²) in [6, 6.07) is 1.97. The van der Waals surface area contributed by atoms with Crippen molar-refractivity contribution in [2.45, 2.75) is 58.4 Å². The molecule has 12 nitrogen and oxygen atoms in total. The van der Waals surface area contributed by atoms with Crippen molar-refractivity contribution in [3.8, 4) is 5.75 Å². The molecule has 1 aromatic carbocycles. The molecular formula is C35H52F2N4O8. The standard InChI is InChI=1S/C35H52F2N4O8/c1-4-24(2)33(43)38-31(25-8-6-5-7-9-25)35(45)41-12-10-40(11-13-41)34(44)29-22-26-28(39(29)3)23-27(36)30(37)32(26)49-21-20-48-19-18-47-17-16-46-15-14-42/h22-25,31,42H,4-21H2,1-3H3,(H,38,43)/t24-,31+/m1/s1. The number of rotatable bonds is 18. The van der Waals surface area contributed by atoms with Crippen LogP contribution in [0.4, 0.5) is 8.78 Å². The summed E-state index contributed by atoms with van der Waals surface area (Å²) in [5, 5.41) is 12.0. The van der Waals surface area contributed by atoms with Crippen molar-refractivity contribution >= 4 is 28.6 Å². The average Bonchev–Trinajstić information content (AvgIpc) is 3.45. The highest BCUT2D eigenvalue weighted by Crippen LogP contribution is 2.34. The molecule has 0 bridgehead atoms. The van der Waals surface area contributed by atoms with Gasteiger partial charge in [0.2, 0.25) is 17.6 Å². The fraction of sp³-hybridized carbons (Fsp3) is 0.686. The van der Waals surface area contributed by atoms with Gasteiger partial charge in [0.15, 0.2) is 11.6 Å². The van der Waals surface area contributed by atoms with Gasteiger partial charge in [0.05, 0.1) is 51.8 Å². The fourth-order valence-corrected chi connectivity index (χ4v) is 6.36. The van der Waals surface area contributed by atoms with Gasteiger partial charge in [-0.15, -0.1) is 0 Å². The maximum Gasteiger partial charge on any atom is 0.270 e. The monoisotopic (exact) mass is 694 g/mol. The number of benzene rings is 1. The fourth-order valence-electron chi connectivity index (χ4n) is 6.36. The van der Waals surface area contributed by atoms with E-state index in [4.69, 9.17) is 24.1 Å². The lowest BCUT2D eigenvalue weighted by Crippen LogP contribution is -2.58. The van der Waals surface area contributed by atoms with E-state index in [0.717, 1.165) is 38.2 Å². The smallest absolute Gasteiger partial charge is 0.270 e. The number of piperazine rings is 1. The number of ether oxygens (including phenoxy) is 4. The highest BCUT2D eigenvalue weighted by Gasteiger charge is 2.36. The lowest BCUT2D eigenvalue weighted by Gasteiger charge is -2.39. The molecule has 2 fully saturated rings. The predicted octanol–water partition coefficient (Wildman–Crippen LogP) is 3.27. The Morgan fingerprint density at radius 3 is 2.10 bits per heavy atom. The van der Waals surface area contributed by atoms with Crippen molar-refractivity contribution in [2.24, 2.45) is 18.9 Å². The first kappa shape index (κ1) is 38.5. The number of carbonyl (C=O) groups excluding carboxylic acids is 3. The van der Waals surface area contributed by atoms with Crippen LogP contribution in [0.15, 0.2) is 12.1 Å². The zero-order valence-corrected chi connectivity index (χ0v) is 29.0. The van der Waals surface area contributed by atoms with Crippen LogP contribution in [0.25, 0.3) is 10.9 Å². The van der Waals surface area contributed by atoms with Gasteiger partial charge in [-0.25, -0.2) is 4.39 Å². The van der Waals surface area contributed by atoms with E-state index >= 15 is 0 Å². The maximum absolute atomic E-state index is 14.9. The van der Waals surface area contributed by atoms with E-state index < -0.39 is 17.7 Å². The first-order valence-electron chi connectivity index (χ1n) is 17.5. The number of nitrogens with one attached hydrogen (secondary N) is 1. The summed E-state index contributed by atoms with van der Waals surface area (Å²) in [6.07, 6.45) is 5.69. The first-order chi connectivity index (χ1) is 23.7. The highest BCUT2D eigenvalue weighted by atomic mass is 19.2. The second-order valence-electron chi connectivity index (χ2n) is 12.7. The minimum atomic E-state index is -1.15. The summed E-state index contributed by atoms with van der Waals surface area (Å²) in [7, 11) is 1.61. The van der Waals surface area contributed by atoms with Gasteiger partial charge >= 0.3 is 0 Å². The predicted molar refractivity (Wildman–Crippen MR) is 178 cm³/mol. The summed E-state index contributed by atoms with van der Waals surface area (Å²) >= 11 is 0. The van der Waals surface area contributed by atoms with E-state index in [-0.39, 0.29) is 92.5 Å². The zero-order chi connectivity index (χ0) is 35.3. The van der Waals surface area contributed by atoms with Crippen molar-refractivity contribution in [2.75, 3.05) is 79.0 Å². The second-order valence-corrected chi connectivity index (χ2v) is 12.7. The molecule has 49 heavy (non-hydrogen) atoms. The molecule has 0 unspecified atom stereocenters. The van der Waals surface area contributed by atoms with E-state index in [1.165, 1.54) is 10.6 Å². The van der Waals surface area contributed by atoms with E-state index in [2.05, 4.69) is 5.32 Å². The highest BCUT2D eigenvalue weighted by molar-refractivity contribution is 6.00. The van der Waals surface area contributed by atoms with Crippen LogP contribution < -0.4 is 10.1 Å². The molecule has 0 radical (unpaired) electrons. The molecule has 1 saturated heterocycles. The van der Waals surface area contributed by atoms with Crippen LogP contribution in [-0.2, 0) is 30.8 Å². The molecule has 274 valence electrons. The van der Waals surface area contributed by atoms with Gasteiger partial charge < -0.3 is 43.7 Å². The van der Waals surface area contributed by atoms with Crippen LogP contribution in [0.5, 0.6) is 5.75 Å². The summed E-state index contributed by atoms with van der Waals surface area (Å²) in [6.45, 7) is 6.55. The second kappa shape index (κ2) is 19.2. The Morgan fingerprint density at radius 2 is 1.49 bits per heavy atom.